The fourth-order valence-corrected chi connectivity index (χ4v) is 3.78. The smallest absolute Gasteiger partial charge is 0.335 e. The van der Waals surface area contributed by atoms with Gasteiger partial charge < -0.3 is 4.42 Å². The van der Waals surface area contributed by atoms with Crippen LogP contribution in [0.2, 0.25) is 10.0 Å². The Hall–Kier alpha value is -3.35. The zero-order chi connectivity index (χ0) is 22.3. The number of halogens is 2. The first-order chi connectivity index (χ1) is 14.7. The number of hydrogen-bond acceptors (Lipinski definition) is 4. The van der Waals surface area contributed by atoms with Crippen molar-refractivity contribution in [3.63, 3.8) is 0 Å². The lowest BCUT2D eigenvalue weighted by molar-refractivity contribution is -0.122. The van der Waals surface area contributed by atoms with Crippen LogP contribution < -0.4 is 10.2 Å². The van der Waals surface area contributed by atoms with Crippen molar-refractivity contribution in [3.8, 4) is 11.3 Å². The molecule has 6 nitrogen and oxygen atoms in total. The number of imide groups is 2. The number of hydrogen-bond donors (Lipinski definition) is 1. The van der Waals surface area contributed by atoms with Gasteiger partial charge in [0.15, 0.2) is 0 Å². The van der Waals surface area contributed by atoms with Crippen LogP contribution in [0.5, 0.6) is 0 Å². The van der Waals surface area contributed by atoms with Gasteiger partial charge in [0, 0.05) is 5.56 Å². The van der Waals surface area contributed by atoms with E-state index in [1.165, 1.54) is 6.08 Å². The molecule has 0 bridgehead atoms. The van der Waals surface area contributed by atoms with Crippen LogP contribution in [0.1, 0.15) is 16.9 Å². The molecule has 0 aliphatic carbocycles. The van der Waals surface area contributed by atoms with Gasteiger partial charge >= 0.3 is 6.03 Å². The third kappa shape index (κ3) is 4.00. The van der Waals surface area contributed by atoms with Crippen molar-refractivity contribution in [2.45, 2.75) is 13.8 Å². The van der Waals surface area contributed by atoms with E-state index in [4.69, 9.17) is 27.6 Å². The van der Waals surface area contributed by atoms with E-state index in [0.29, 0.717) is 27.1 Å². The van der Waals surface area contributed by atoms with E-state index in [-0.39, 0.29) is 11.3 Å². The van der Waals surface area contributed by atoms with Gasteiger partial charge in [-0.3, -0.25) is 14.9 Å². The summed E-state index contributed by atoms with van der Waals surface area (Å²) in [6, 6.07) is 12.9. The molecular weight excluding hydrogens is 439 g/mol. The zero-order valence-corrected chi connectivity index (χ0v) is 18.0. The average Bonchev–Trinajstić information content (AvgIpc) is 3.15. The standard InChI is InChI=1S/C23H16Cl2N2O4/c1-12-8-13(2)10-14(9-12)27-22(29)17(21(28)26-23(27)30)11-15-6-7-19(31-15)16-4-3-5-18(24)20(16)25/h3-11H,1-2H3,(H,26,28,30)/b17-11-. The second-order valence-corrected chi connectivity index (χ2v) is 7.89. The summed E-state index contributed by atoms with van der Waals surface area (Å²) in [6.07, 6.45) is 1.29. The maximum atomic E-state index is 13.0. The van der Waals surface area contributed by atoms with Gasteiger partial charge in [-0.1, -0.05) is 35.3 Å². The molecule has 0 atom stereocenters. The highest BCUT2D eigenvalue weighted by Crippen LogP contribution is 2.35. The Morgan fingerprint density at radius 2 is 1.68 bits per heavy atom. The zero-order valence-electron chi connectivity index (χ0n) is 16.5. The number of furan rings is 1. The second kappa shape index (κ2) is 8.06. The quantitative estimate of drug-likeness (QED) is 0.416. The van der Waals surface area contributed by atoms with Gasteiger partial charge in [-0.05, 0) is 67.4 Å². The number of carbonyl (C=O) groups excluding carboxylic acids is 3. The number of nitrogens with zero attached hydrogens (tertiary/aromatic N) is 1. The largest absolute Gasteiger partial charge is 0.457 e. The molecule has 0 saturated carbocycles. The maximum Gasteiger partial charge on any atom is 0.335 e. The minimum Gasteiger partial charge on any atom is -0.457 e. The highest BCUT2D eigenvalue weighted by molar-refractivity contribution is 6.43. The van der Waals surface area contributed by atoms with Crippen molar-refractivity contribution in [2.24, 2.45) is 0 Å². The molecule has 1 N–H and O–H groups in total. The molecule has 1 aliphatic heterocycles. The Morgan fingerprint density at radius 3 is 2.39 bits per heavy atom. The Morgan fingerprint density at radius 1 is 0.968 bits per heavy atom. The lowest BCUT2D eigenvalue weighted by atomic mass is 10.1. The number of urea groups is 1. The Kier molecular flexibility index (Phi) is 5.43. The summed E-state index contributed by atoms with van der Waals surface area (Å²) >= 11 is 12.3. The van der Waals surface area contributed by atoms with E-state index in [1.54, 1.807) is 42.5 Å². The molecule has 2 heterocycles. The van der Waals surface area contributed by atoms with Crippen molar-refractivity contribution >= 4 is 52.8 Å². The molecule has 1 saturated heterocycles. The van der Waals surface area contributed by atoms with Crippen LogP contribution >= 0.6 is 23.2 Å². The lowest BCUT2D eigenvalue weighted by Gasteiger charge is -2.26. The average molecular weight is 455 g/mol. The topological polar surface area (TPSA) is 79.6 Å². The van der Waals surface area contributed by atoms with Crippen LogP contribution in [0.25, 0.3) is 17.4 Å². The summed E-state index contributed by atoms with van der Waals surface area (Å²) in [5.74, 6) is -0.864. The summed E-state index contributed by atoms with van der Waals surface area (Å²) in [4.78, 5) is 38.7. The fraction of sp³-hybridized carbons (Fsp3) is 0.0870. The van der Waals surface area contributed by atoms with Gasteiger partial charge in [-0.25, -0.2) is 9.69 Å². The van der Waals surface area contributed by atoms with Crippen molar-refractivity contribution < 1.29 is 18.8 Å². The number of anilines is 1. The summed E-state index contributed by atoms with van der Waals surface area (Å²) in [5.41, 5.74) is 2.49. The number of carbonyl (C=O) groups is 3. The van der Waals surface area contributed by atoms with E-state index < -0.39 is 17.8 Å². The van der Waals surface area contributed by atoms with Crippen LogP contribution in [0, 0.1) is 13.8 Å². The van der Waals surface area contributed by atoms with E-state index in [9.17, 15) is 14.4 Å². The van der Waals surface area contributed by atoms with Crippen molar-refractivity contribution in [1.82, 2.24) is 5.32 Å². The van der Waals surface area contributed by atoms with Gasteiger partial charge in [0.2, 0.25) is 0 Å². The molecule has 1 aliphatic rings. The van der Waals surface area contributed by atoms with E-state index in [0.717, 1.165) is 16.0 Å². The Balaban J connectivity index is 1.71. The minimum absolute atomic E-state index is 0.225. The summed E-state index contributed by atoms with van der Waals surface area (Å²) in [7, 11) is 0. The summed E-state index contributed by atoms with van der Waals surface area (Å²) in [5, 5.41) is 2.91. The van der Waals surface area contributed by atoms with Crippen LogP contribution in [-0.4, -0.2) is 17.8 Å². The number of barbiturate groups is 1. The van der Waals surface area contributed by atoms with Gasteiger partial charge in [-0.15, -0.1) is 0 Å². The third-order valence-corrected chi connectivity index (χ3v) is 5.52. The first-order valence-corrected chi connectivity index (χ1v) is 10.0. The van der Waals surface area contributed by atoms with E-state index in [1.807, 2.05) is 19.9 Å². The van der Waals surface area contributed by atoms with Crippen LogP contribution in [0.4, 0.5) is 10.5 Å². The molecule has 8 heteroatoms. The number of nitrogens with one attached hydrogen (secondary N) is 1. The molecule has 4 rings (SSSR count). The molecule has 2 aromatic carbocycles. The molecular formula is C23H16Cl2N2O4. The third-order valence-electron chi connectivity index (χ3n) is 4.70. The van der Waals surface area contributed by atoms with Crippen LogP contribution in [0.15, 0.2) is 58.5 Å². The van der Waals surface area contributed by atoms with Gasteiger partial charge in [0.25, 0.3) is 11.8 Å². The van der Waals surface area contributed by atoms with Crippen molar-refractivity contribution in [1.29, 1.82) is 0 Å². The van der Waals surface area contributed by atoms with Crippen molar-refractivity contribution in [2.75, 3.05) is 4.90 Å². The normalized spacial score (nSPS) is 15.5. The van der Waals surface area contributed by atoms with Crippen LogP contribution in [0.3, 0.4) is 0 Å². The minimum atomic E-state index is -0.803. The van der Waals surface area contributed by atoms with Gasteiger partial charge in [-0.2, -0.15) is 0 Å². The number of benzene rings is 2. The highest BCUT2D eigenvalue weighted by atomic mass is 35.5. The first-order valence-electron chi connectivity index (χ1n) is 9.28. The Bertz CT molecular complexity index is 1260. The molecule has 0 spiro atoms. The van der Waals surface area contributed by atoms with Crippen molar-refractivity contribution in [3.05, 3.63) is 81.0 Å². The second-order valence-electron chi connectivity index (χ2n) is 7.11. The van der Waals surface area contributed by atoms with E-state index in [2.05, 4.69) is 5.32 Å². The fourth-order valence-electron chi connectivity index (χ4n) is 3.38. The molecule has 0 radical (unpaired) electrons. The predicted molar refractivity (Wildman–Crippen MR) is 119 cm³/mol. The first kappa shape index (κ1) is 20.9. The highest BCUT2D eigenvalue weighted by Gasteiger charge is 2.37. The van der Waals surface area contributed by atoms with Crippen LogP contribution in [-0.2, 0) is 9.59 Å². The molecule has 3 aromatic rings. The van der Waals surface area contributed by atoms with Gasteiger partial charge in [0.1, 0.15) is 17.1 Å². The molecule has 156 valence electrons. The summed E-state index contributed by atoms with van der Waals surface area (Å²) in [6.45, 7) is 3.71. The predicted octanol–water partition coefficient (Wildman–Crippen LogP) is 5.54. The van der Waals surface area contributed by atoms with Gasteiger partial charge in [0.05, 0.1) is 15.7 Å². The number of aryl methyl sites for hydroxylation is 2. The lowest BCUT2D eigenvalue weighted by Crippen LogP contribution is -2.54. The molecule has 0 unspecified atom stereocenters. The molecule has 1 fully saturated rings. The maximum absolute atomic E-state index is 13.0. The summed E-state index contributed by atoms with van der Waals surface area (Å²) < 4.78 is 5.76. The molecule has 1 aromatic heterocycles. The number of rotatable bonds is 3. The molecule has 31 heavy (non-hydrogen) atoms. The van der Waals surface area contributed by atoms with E-state index >= 15 is 0 Å². The Labute approximate surface area is 188 Å². The molecule has 4 amide bonds. The number of amides is 4. The monoisotopic (exact) mass is 454 g/mol. The SMILES string of the molecule is Cc1cc(C)cc(N2C(=O)NC(=O)/C(=C/c3ccc(-c4cccc(Cl)c4Cl)o3)C2=O)c1.